The third-order valence-corrected chi connectivity index (χ3v) is 4.80. The van der Waals surface area contributed by atoms with Crippen LogP contribution in [0.3, 0.4) is 0 Å². The molecule has 0 radical (unpaired) electrons. The van der Waals surface area contributed by atoms with Gasteiger partial charge < -0.3 is 4.90 Å². The average molecular weight is 257 g/mol. The molecule has 2 atom stereocenters. The molecule has 0 aromatic heterocycles. The van der Waals surface area contributed by atoms with E-state index in [2.05, 4.69) is 11.8 Å². The van der Waals surface area contributed by atoms with E-state index in [1.807, 2.05) is 24.3 Å². The summed E-state index contributed by atoms with van der Waals surface area (Å²) in [6.45, 7) is 3.01. The van der Waals surface area contributed by atoms with Crippen LogP contribution in [0.25, 0.3) is 0 Å². The fraction of sp³-hybridized carbons (Fsp3) is 0.588. The highest BCUT2D eigenvalue weighted by Crippen LogP contribution is 2.35. The monoisotopic (exact) mass is 257 g/mol. The number of fused-ring (bicyclic) bond motifs is 1. The summed E-state index contributed by atoms with van der Waals surface area (Å²) >= 11 is 0. The molecule has 1 saturated carbocycles. The standard InChI is InChI=1S/C17H23NO/c1-13-8-10-15(11-9-13)17(19)18-12-4-6-14-5-2-3-7-16(14)18/h8-11,14,16H,2-7,12H2,1H3. The lowest BCUT2D eigenvalue weighted by molar-refractivity contribution is 0.0390. The maximum Gasteiger partial charge on any atom is 0.254 e. The van der Waals surface area contributed by atoms with E-state index in [0.29, 0.717) is 6.04 Å². The van der Waals surface area contributed by atoms with Crippen LogP contribution in [0.1, 0.15) is 54.4 Å². The molecule has 0 N–H and O–H groups in total. The summed E-state index contributed by atoms with van der Waals surface area (Å²) in [5.41, 5.74) is 2.07. The summed E-state index contributed by atoms with van der Waals surface area (Å²) in [5.74, 6) is 1.01. The minimum absolute atomic E-state index is 0.247. The smallest absolute Gasteiger partial charge is 0.254 e. The largest absolute Gasteiger partial charge is 0.335 e. The summed E-state index contributed by atoms with van der Waals surface area (Å²) in [4.78, 5) is 14.9. The summed E-state index contributed by atoms with van der Waals surface area (Å²) in [6.07, 6.45) is 7.68. The molecule has 1 aliphatic heterocycles. The average Bonchev–Trinajstić information content (AvgIpc) is 2.47. The number of carbonyl (C=O) groups is 1. The summed E-state index contributed by atoms with van der Waals surface area (Å²) in [7, 11) is 0. The molecule has 2 unspecified atom stereocenters. The number of likely N-dealkylation sites (tertiary alicyclic amines) is 1. The Morgan fingerprint density at radius 2 is 1.74 bits per heavy atom. The van der Waals surface area contributed by atoms with Crippen molar-refractivity contribution in [1.82, 2.24) is 4.90 Å². The first kappa shape index (κ1) is 12.7. The van der Waals surface area contributed by atoms with Crippen LogP contribution in [0.15, 0.2) is 24.3 Å². The van der Waals surface area contributed by atoms with Gasteiger partial charge in [0.25, 0.3) is 5.91 Å². The zero-order chi connectivity index (χ0) is 13.2. The molecule has 0 bridgehead atoms. The molecule has 2 heteroatoms. The van der Waals surface area contributed by atoms with E-state index < -0.39 is 0 Å². The van der Waals surface area contributed by atoms with Crippen LogP contribution in [0.4, 0.5) is 0 Å². The molecule has 19 heavy (non-hydrogen) atoms. The minimum Gasteiger partial charge on any atom is -0.335 e. The Morgan fingerprint density at radius 3 is 2.53 bits per heavy atom. The maximum absolute atomic E-state index is 12.7. The van der Waals surface area contributed by atoms with Gasteiger partial charge in [0.2, 0.25) is 0 Å². The lowest BCUT2D eigenvalue weighted by atomic mass is 9.78. The second-order valence-electron chi connectivity index (χ2n) is 6.12. The van der Waals surface area contributed by atoms with Crippen molar-refractivity contribution in [3.05, 3.63) is 35.4 Å². The molecule has 1 aliphatic carbocycles. The number of benzene rings is 1. The molecule has 1 amide bonds. The first-order chi connectivity index (χ1) is 9.25. The highest BCUT2D eigenvalue weighted by atomic mass is 16.2. The van der Waals surface area contributed by atoms with Crippen molar-refractivity contribution in [2.24, 2.45) is 5.92 Å². The zero-order valence-corrected chi connectivity index (χ0v) is 11.8. The molecule has 102 valence electrons. The summed E-state index contributed by atoms with van der Waals surface area (Å²) in [6, 6.07) is 8.54. The Bertz CT molecular complexity index is 449. The third kappa shape index (κ3) is 2.54. The van der Waals surface area contributed by atoms with Crippen LogP contribution >= 0.6 is 0 Å². The van der Waals surface area contributed by atoms with Crippen molar-refractivity contribution in [3.8, 4) is 0 Å². The summed E-state index contributed by atoms with van der Waals surface area (Å²) < 4.78 is 0. The van der Waals surface area contributed by atoms with Crippen LogP contribution in [-0.2, 0) is 0 Å². The van der Waals surface area contributed by atoms with Crippen molar-refractivity contribution in [2.45, 2.75) is 51.5 Å². The van der Waals surface area contributed by atoms with Crippen LogP contribution in [0.5, 0.6) is 0 Å². The number of piperidine rings is 1. The molecule has 2 nitrogen and oxygen atoms in total. The van der Waals surface area contributed by atoms with Crippen molar-refractivity contribution in [2.75, 3.05) is 6.54 Å². The molecule has 0 spiro atoms. The lowest BCUT2D eigenvalue weighted by Gasteiger charge is -2.44. The SMILES string of the molecule is Cc1ccc(C(=O)N2CCCC3CCCCC32)cc1. The normalized spacial score (nSPS) is 26.9. The Kier molecular flexibility index (Phi) is 3.58. The topological polar surface area (TPSA) is 20.3 Å². The predicted molar refractivity (Wildman–Crippen MR) is 77.2 cm³/mol. The van der Waals surface area contributed by atoms with Crippen LogP contribution in [0.2, 0.25) is 0 Å². The lowest BCUT2D eigenvalue weighted by Crippen LogP contribution is -2.49. The Balaban J connectivity index is 1.79. The Hall–Kier alpha value is -1.31. The van der Waals surface area contributed by atoms with Gasteiger partial charge in [-0.2, -0.15) is 0 Å². The number of nitrogens with zero attached hydrogens (tertiary/aromatic N) is 1. The van der Waals surface area contributed by atoms with Crippen molar-refractivity contribution >= 4 is 5.91 Å². The second-order valence-corrected chi connectivity index (χ2v) is 6.12. The third-order valence-electron chi connectivity index (χ3n) is 4.80. The molecule has 2 fully saturated rings. The predicted octanol–water partition coefficient (Wildman–Crippen LogP) is 3.79. The number of hydrogen-bond donors (Lipinski definition) is 0. The van der Waals surface area contributed by atoms with Gasteiger partial charge in [0.1, 0.15) is 0 Å². The number of hydrogen-bond acceptors (Lipinski definition) is 1. The Morgan fingerprint density at radius 1 is 1.05 bits per heavy atom. The van der Waals surface area contributed by atoms with Crippen molar-refractivity contribution in [1.29, 1.82) is 0 Å². The number of carbonyl (C=O) groups excluding carboxylic acids is 1. The van der Waals surface area contributed by atoms with Gasteiger partial charge in [0.15, 0.2) is 0 Å². The van der Waals surface area contributed by atoms with E-state index in [1.54, 1.807) is 0 Å². The molecule has 1 aromatic rings. The zero-order valence-electron chi connectivity index (χ0n) is 11.8. The number of aryl methyl sites for hydroxylation is 1. The van der Waals surface area contributed by atoms with Gasteiger partial charge in [-0.1, -0.05) is 30.5 Å². The van der Waals surface area contributed by atoms with E-state index in [4.69, 9.17) is 0 Å². The first-order valence-corrected chi connectivity index (χ1v) is 7.63. The number of amides is 1. The van der Waals surface area contributed by atoms with Gasteiger partial charge in [-0.25, -0.2) is 0 Å². The molecule has 1 saturated heterocycles. The van der Waals surface area contributed by atoms with Crippen LogP contribution in [0, 0.1) is 12.8 Å². The minimum atomic E-state index is 0.247. The van der Waals surface area contributed by atoms with Gasteiger partial charge in [-0.05, 0) is 50.7 Å². The van der Waals surface area contributed by atoms with E-state index in [-0.39, 0.29) is 5.91 Å². The fourth-order valence-electron chi connectivity index (χ4n) is 3.74. The highest BCUT2D eigenvalue weighted by molar-refractivity contribution is 5.94. The van der Waals surface area contributed by atoms with Crippen molar-refractivity contribution in [3.63, 3.8) is 0 Å². The highest BCUT2D eigenvalue weighted by Gasteiger charge is 2.35. The van der Waals surface area contributed by atoms with E-state index in [0.717, 1.165) is 18.0 Å². The van der Waals surface area contributed by atoms with E-state index in [9.17, 15) is 4.79 Å². The van der Waals surface area contributed by atoms with Gasteiger partial charge >= 0.3 is 0 Å². The summed E-state index contributed by atoms with van der Waals surface area (Å²) in [5, 5.41) is 0. The molecule has 3 rings (SSSR count). The van der Waals surface area contributed by atoms with E-state index in [1.165, 1.54) is 44.1 Å². The Labute approximate surface area is 115 Å². The van der Waals surface area contributed by atoms with Gasteiger partial charge in [0.05, 0.1) is 0 Å². The molecule has 2 aliphatic rings. The van der Waals surface area contributed by atoms with E-state index >= 15 is 0 Å². The van der Waals surface area contributed by atoms with Crippen molar-refractivity contribution < 1.29 is 4.79 Å². The second kappa shape index (κ2) is 5.36. The van der Waals surface area contributed by atoms with Crippen LogP contribution < -0.4 is 0 Å². The first-order valence-electron chi connectivity index (χ1n) is 7.63. The molecular weight excluding hydrogens is 234 g/mol. The fourth-order valence-corrected chi connectivity index (χ4v) is 3.74. The number of rotatable bonds is 1. The molecular formula is C17H23NO. The maximum atomic E-state index is 12.7. The van der Waals surface area contributed by atoms with Gasteiger partial charge in [-0.15, -0.1) is 0 Å². The van der Waals surface area contributed by atoms with Crippen LogP contribution in [-0.4, -0.2) is 23.4 Å². The molecule has 1 heterocycles. The van der Waals surface area contributed by atoms with Gasteiger partial charge in [-0.3, -0.25) is 4.79 Å². The quantitative estimate of drug-likeness (QED) is 0.749. The molecule has 1 aromatic carbocycles. The van der Waals surface area contributed by atoms with Gasteiger partial charge in [0, 0.05) is 18.2 Å².